The molecule has 3 rings (SSSR count). The lowest BCUT2D eigenvalue weighted by molar-refractivity contribution is 0.338. The summed E-state index contributed by atoms with van der Waals surface area (Å²) in [7, 11) is -3.31. The lowest BCUT2D eigenvalue weighted by Gasteiger charge is -2.22. The van der Waals surface area contributed by atoms with Gasteiger partial charge >= 0.3 is 0 Å². The summed E-state index contributed by atoms with van der Waals surface area (Å²) in [5.74, 6) is -0.0218. The molecule has 0 radical (unpaired) electrons. The zero-order valence-electron chi connectivity index (χ0n) is 11.9. The third-order valence-electron chi connectivity index (χ3n) is 4.53. The molecule has 2 aliphatic rings. The van der Waals surface area contributed by atoms with Crippen LogP contribution < -0.4 is 5.32 Å². The molecule has 21 heavy (non-hydrogen) atoms. The van der Waals surface area contributed by atoms with Crippen molar-refractivity contribution in [2.75, 3.05) is 26.2 Å². The van der Waals surface area contributed by atoms with E-state index in [1.54, 1.807) is 28.6 Å². The molecular weight excluding hydrogens is 286 g/mol. The first-order chi connectivity index (χ1) is 10.0. The molecule has 1 N–H and O–H groups in total. The fourth-order valence-electron chi connectivity index (χ4n) is 3.31. The van der Waals surface area contributed by atoms with E-state index >= 15 is 0 Å². The van der Waals surface area contributed by atoms with Crippen LogP contribution in [-0.4, -0.2) is 38.9 Å². The van der Waals surface area contributed by atoms with Gasteiger partial charge in [-0.1, -0.05) is 12.1 Å². The normalized spacial score (nSPS) is 26.2. The summed E-state index contributed by atoms with van der Waals surface area (Å²) in [6, 6.07) is 8.88. The van der Waals surface area contributed by atoms with Gasteiger partial charge in [-0.25, -0.2) is 12.7 Å². The Morgan fingerprint density at radius 1 is 1.38 bits per heavy atom. The van der Waals surface area contributed by atoms with Crippen molar-refractivity contribution in [2.45, 2.75) is 18.6 Å². The number of hydrogen-bond donors (Lipinski definition) is 1. The van der Waals surface area contributed by atoms with Crippen molar-refractivity contribution < 1.29 is 8.42 Å². The van der Waals surface area contributed by atoms with Crippen molar-refractivity contribution in [1.82, 2.24) is 9.62 Å². The first kappa shape index (κ1) is 14.5. The molecule has 1 spiro atoms. The smallest absolute Gasteiger partial charge is 0.218 e. The van der Waals surface area contributed by atoms with Gasteiger partial charge in [-0.3, -0.25) is 0 Å². The van der Waals surface area contributed by atoms with Crippen molar-refractivity contribution in [3.63, 3.8) is 0 Å². The van der Waals surface area contributed by atoms with Crippen LogP contribution in [0.3, 0.4) is 0 Å². The lowest BCUT2D eigenvalue weighted by Crippen LogP contribution is -2.34. The van der Waals surface area contributed by atoms with Crippen LogP contribution >= 0.6 is 0 Å². The molecule has 6 heteroatoms. The molecule has 2 heterocycles. The van der Waals surface area contributed by atoms with Gasteiger partial charge < -0.3 is 5.32 Å². The van der Waals surface area contributed by atoms with E-state index in [-0.39, 0.29) is 11.2 Å². The Bertz CT molecular complexity index is 672. The minimum atomic E-state index is -3.31. The molecule has 1 aromatic rings. The highest BCUT2D eigenvalue weighted by molar-refractivity contribution is 7.88. The van der Waals surface area contributed by atoms with Crippen LogP contribution in [0.5, 0.6) is 0 Å². The summed E-state index contributed by atoms with van der Waals surface area (Å²) in [6.45, 7) is 3.14. The van der Waals surface area contributed by atoms with Gasteiger partial charge in [-0.2, -0.15) is 5.26 Å². The van der Waals surface area contributed by atoms with Crippen LogP contribution in [-0.2, 0) is 15.8 Å². The van der Waals surface area contributed by atoms with Gasteiger partial charge in [0.25, 0.3) is 0 Å². The average molecular weight is 305 g/mol. The van der Waals surface area contributed by atoms with E-state index in [9.17, 15) is 8.42 Å². The molecule has 0 saturated carbocycles. The van der Waals surface area contributed by atoms with Gasteiger partial charge in [0.2, 0.25) is 10.0 Å². The maximum absolute atomic E-state index is 12.6. The SMILES string of the molecule is N#Cc1cccc(CS(=O)(=O)N2CCC3(CCNC3)C2)c1. The van der Waals surface area contributed by atoms with Crippen molar-refractivity contribution in [2.24, 2.45) is 5.41 Å². The van der Waals surface area contributed by atoms with Gasteiger partial charge in [0.1, 0.15) is 0 Å². The molecular formula is C15H19N3O2S. The summed E-state index contributed by atoms with van der Waals surface area (Å²) in [5, 5.41) is 12.2. The fourth-order valence-corrected chi connectivity index (χ4v) is 4.93. The summed E-state index contributed by atoms with van der Waals surface area (Å²) >= 11 is 0. The molecule has 1 atom stereocenters. The quantitative estimate of drug-likeness (QED) is 0.906. The predicted molar refractivity (Wildman–Crippen MR) is 79.9 cm³/mol. The number of benzene rings is 1. The van der Waals surface area contributed by atoms with Crippen LogP contribution in [0.25, 0.3) is 0 Å². The minimum absolute atomic E-state index is 0.0218. The predicted octanol–water partition coefficient (Wildman–Crippen LogP) is 1.07. The molecule has 0 amide bonds. The molecule has 2 saturated heterocycles. The van der Waals surface area contributed by atoms with E-state index in [1.807, 2.05) is 6.07 Å². The third kappa shape index (κ3) is 2.95. The van der Waals surface area contributed by atoms with Crippen molar-refractivity contribution >= 4 is 10.0 Å². The number of nitrogens with one attached hydrogen (secondary N) is 1. The topological polar surface area (TPSA) is 73.2 Å². The number of nitriles is 1. The Morgan fingerprint density at radius 3 is 2.95 bits per heavy atom. The van der Waals surface area contributed by atoms with Gasteiger partial charge in [0, 0.05) is 19.6 Å². The minimum Gasteiger partial charge on any atom is -0.316 e. The van der Waals surface area contributed by atoms with Crippen LogP contribution in [0.4, 0.5) is 0 Å². The highest BCUT2D eigenvalue weighted by Gasteiger charge is 2.43. The molecule has 0 bridgehead atoms. The Balaban J connectivity index is 1.74. The highest BCUT2D eigenvalue weighted by atomic mass is 32.2. The Kier molecular flexibility index (Phi) is 3.74. The van der Waals surface area contributed by atoms with Crippen molar-refractivity contribution in [3.05, 3.63) is 35.4 Å². The molecule has 0 aliphatic carbocycles. The summed E-state index contributed by atoms with van der Waals surface area (Å²) < 4.78 is 26.8. The van der Waals surface area contributed by atoms with Crippen molar-refractivity contribution in [3.8, 4) is 6.07 Å². The Morgan fingerprint density at radius 2 is 2.24 bits per heavy atom. The largest absolute Gasteiger partial charge is 0.316 e. The second-order valence-corrected chi connectivity index (χ2v) is 8.05. The number of rotatable bonds is 3. The van der Waals surface area contributed by atoms with E-state index < -0.39 is 10.0 Å². The monoisotopic (exact) mass is 305 g/mol. The number of hydrogen-bond acceptors (Lipinski definition) is 4. The number of sulfonamides is 1. The average Bonchev–Trinajstić information content (AvgIpc) is 3.10. The maximum atomic E-state index is 12.6. The lowest BCUT2D eigenvalue weighted by atomic mass is 9.87. The number of nitrogens with zero attached hydrogens (tertiary/aromatic N) is 2. The van der Waals surface area contributed by atoms with Crippen LogP contribution in [0.15, 0.2) is 24.3 Å². The van der Waals surface area contributed by atoms with E-state index in [0.717, 1.165) is 25.9 Å². The van der Waals surface area contributed by atoms with E-state index in [2.05, 4.69) is 5.32 Å². The Labute approximate surface area is 125 Å². The molecule has 2 aliphatic heterocycles. The highest BCUT2D eigenvalue weighted by Crippen LogP contribution is 2.37. The zero-order chi connectivity index (χ0) is 14.9. The molecule has 1 unspecified atom stereocenters. The van der Waals surface area contributed by atoms with Gasteiger partial charge in [-0.15, -0.1) is 0 Å². The maximum Gasteiger partial charge on any atom is 0.218 e. The van der Waals surface area contributed by atoms with Gasteiger partial charge in [-0.05, 0) is 42.5 Å². The third-order valence-corrected chi connectivity index (χ3v) is 6.33. The summed E-state index contributed by atoms with van der Waals surface area (Å²) in [6.07, 6.45) is 2.00. The van der Waals surface area contributed by atoms with Crippen LogP contribution in [0.2, 0.25) is 0 Å². The van der Waals surface area contributed by atoms with Crippen molar-refractivity contribution in [1.29, 1.82) is 5.26 Å². The fraction of sp³-hybridized carbons (Fsp3) is 0.533. The summed E-state index contributed by atoms with van der Waals surface area (Å²) in [4.78, 5) is 0. The standard InChI is InChI=1S/C15H19N3O2S/c16-9-13-2-1-3-14(8-13)10-21(19,20)18-7-5-15(12-18)4-6-17-11-15/h1-3,8,17H,4-7,10-12H2. The van der Waals surface area contributed by atoms with E-state index in [4.69, 9.17) is 5.26 Å². The van der Waals surface area contributed by atoms with E-state index in [0.29, 0.717) is 24.2 Å². The molecule has 112 valence electrons. The first-order valence-electron chi connectivity index (χ1n) is 7.21. The van der Waals surface area contributed by atoms with Crippen LogP contribution in [0, 0.1) is 16.7 Å². The first-order valence-corrected chi connectivity index (χ1v) is 8.82. The zero-order valence-corrected chi connectivity index (χ0v) is 12.7. The summed E-state index contributed by atoms with van der Waals surface area (Å²) in [5.41, 5.74) is 1.32. The molecule has 1 aromatic carbocycles. The van der Waals surface area contributed by atoms with E-state index in [1.165, 1.54) is 0 Å². The second-order valence-electron chi connectivity index (χ2n) is 6.08. The molecule has 0 aromatic heterocycles. The molecule has 2 fully saturated rings. The molecule has 5 nitrogen and oxygen atoms in total. The Hall–Kier alpha value is -1.42. The van der Waals surface area contributed by atoms with Gasteiger partial charge in [0.15, 0.2) is 0 Å². The van der Waals surface area contributed by atoms with Gasteiger partial charge in [0.05, 0.1) is 17.4 Å². The van der Waals surface area contributed by atoms with Crippen LogP contribution in [0.1, 0.15) is 24.0 Å². The second kappa shape index (κ2) is 5.41.